The summed E-state index contributed by atoms with van der Waals surface area (Å²) >= 11 is 0. The Morgan fingerprint density at radius 1 is 0.853 bits per heavy atom. The molecule has 0 N–H and O–H groups in total. The van der Waals surface area contributed by atoms with Crippen LogP contribution in [0.1, 0.15) is 16.8 Å². The van der Waals surface area contributed by atoms with Gasteiger partial charge in [-0.2, -0.15) is 0 Å². The van der Waals surface area contributed by atoms with Crippen molar-refractivity contribution in [3.63, 3.8) is 0 Å². The maximum Gasteiger partial charge on any atom is 0.259 e. The fourth-order valence-corrected chi connectivity index (χ4v) is 4.08. The summed E-state index contributed by atoms with van der Waals surface area (Å²) in [5, 5.41) is 0. The van der Waals surface area contributed by atoms with Crippen LogP contribution in [0.25, 0.3) is 22.9 Å². The summed E-state index contributed by atoms with van der Waals surface area (Å²) in [6.45, 7) is -0.0713. The SMILES string of the molecule is O=C1/C(=C\c2cccc(-c3ccccc3)n2)c2ccccc2N1Cc1ccc(OCCF)cc1. The van der Waals surface area contributed by atoms with Crippen molar-refractivity contribution in [3.8, 4) is 17.0 Å². The average molecular weight is 451 g/mol. The molecular weight excluding hydrogens is 427 g/mol. The molecule has 0 unspecified atom stereocenters. The minimum atomic E-state index is -0.529. The third kappa shape index (κ3) is 4.46. The van der Waals surface area contributed by atoms with E-state index in [1.807, 2.05) is 91.0 Å². The van der Waals surface area contributed by atoms with Crippen LogP contribution in [0.4, 0.5) is 10.1 Å². The van der Waals surface area contributed by atoms with Crippen LogP contribution in [0.2, 0.25) is 0 Å². The zero-order valence-electron chi connectivity index (χ0n) is 18.5. The van der Waals surface area contributed by atoms with Gasteiger partial charge in [0.2, 0.25) is 0 Å². The van der Waals surface area contributed by atoms with Gasteiger partial charge in [-0.05, 0) is 42.0 Å². The van der Waals surface area contributed by atoms with Crippen molar-refractivity contribution in [1.29, 1.82) is 0 Å². The molecule has 0 bridgehead atoms. The smallest absolute Gasteiger partial charge is 0.259 e. The van der Waals surface area contributed by atoms with Crippen molar-refractivity contribution in [3.05, 3.63) is 114 Å². The van der Waals surface area contributed by atoms with Crippen LogP contribution >= 0.6 is 0 Å². The fraction of sp³-hybridized carbons (Fsp3) is 0.103. The number of pyridine rings is 1. The molecule has 0 atom stereocenters. The predicted octanol–water partition coefficient (Wildman–Crippen LogP) is 6.18. The van der Waals surface area contributed by atoms with Gasteiger partial charge >= 0.3 is 0 Å². The summed E-state index contributed by atoms with van der Waals surface area (Å²) in [7, 11) is 0. The molecule has 5 rings (SSSR count). The van der Waals surface area contributed by atoms with Gasteiger partial charge < -0.3 is 9.64 Å². The van der Waals surface area contributed by atoms with Crippen molar-refractivity contribution in [2.24, 2.45) is 0 Å². The van der Waals surface area contributed by atoms with E-state index < -0.39 is 6.67 Å². The highest BCUT2D eigenvalue weighted by molar-refractivity contribution is 6.35. The molecule has 4 nitrogen and oxygen atoms in total. The van der Waals surface area contributed by atoms with Crippen LogP contribution in [-0.2, 0) is 11.3 Å². The number of fused-ring (bicyclic) bond motifs is 1. The number of hydrogen-bond acceptors (Lipinski definition) is 3. The van der Waals surface area contributed by atoms with Crippen molar-refractivity contribution in [2.75, 3.05) is 18.2 Å². The zero-order valence-corrected chi connectivity index (χ0v) is 18.5. The Bertz CT molecular complexity index is 1330. The lowest BCUT2D eigenvalue weighted by Crippen LogP contribution is -2.25. The van der Waals surface area contributed by atoms with Gasteiger partial charge in [-0.3, -0.25) is 4.79 Å². The van der Waals surface area contributed by atoms with Crippen molar-refractivity contribution in [2.45, 2.75) is 6.54 Å². The van der Waals surface area contributed by atoms with E-state index in [1.165, 1.54) is 0 Å². The number of carbonyl (C=O) groups excluding carboxylic acids is 1. The number of ether oxygens (including phenoxy) is 1. The summed E-state index contributed by atoms with van der Waals surface area (Å²) in [4.78, 5) is 20.0. The number of aromatic nitrogens is 1. The Hall–Kier alpha value is -4.25. The Kier molecular flexibility index (Phi) is 6.17. The molecular formula is C29H23FN2O2. The lowest BCUT2D eigenvalue weighted by molar-refractivity contribution is -0.113. The highest BCUT2D eigenvalue weighted by Gasteiger charge is 2.32. The maximum absolute atomic E-state index is 13.5. The molecule has 2 heterocycles. The molecule has 1 aliphatic rings. The normalized spacial score (nSPS) is 13.9. The van der Waals surface area contributed by atoms with E-state index in [4.69, 9.17) is 9.72 Å². The van der Waals surface area contributed by atoms with Crippen LogP contribution in [-0.4, -0.2) is 24.2 Å². The predicted molar refractivity (Wildman–Crippen MR) is 133 cm³/mol. The first kappa shape index (κ1) is 21.6. The van der Waals surface area contributed by atoms with Gasteiger partial charge in [0.1, 0.15) is 19.0 Å². The van der Waals surface area contributed by atoms with E-state index >= 15 is 0 Å². The molecule has 0 fully saturated rings. The summed E-state index contributed by atoms with van der Waals surface area (Å²) in [5.41, 5.74) is 5.97. The van der Waals surface area contributed by atoms with E-state index in [0.717, 1.165) is 33.8 Å². The van der Waals surface area contributed by atoms with Gasteiger partial charge in [-0.25, -0.2) is 9.37 Å². The second-order valence-electron chi connectivity index (χ2n) is 7.96. The molecule has 5 heteroatoms. The molecule has 1 aliphatic heterocycles. The monoisotopic (exact) mass is 450 g/mol. The Labute approximate surface area is 198 Å². The first-order chi connectivity index (χ1) is 16.7. The molecule has 1 aromatic heterocycles. The molecule has 0 radical (unpaired) electrons. The molecule has 168 valence electrons. The van der Waals surface area contributed by atoms with Gasteiger partial charge in [-0.15, -0.1) is 0 Å². The van der Waals surface area contributed by atoms with Crippen LogP contribution in [0.5, 0.6) is 5.75 Å². The topological polar surface area (TPSA) is 42.4 Å². The van der Waals surface area contributed by atoms with Gasteiger partial charge in [0.25, 0.3) is 5.91 Å². The molecule has 0 saturated heterocycles. The number of para-hydroxylation sites is 1. The van der Waals surface area contributed by atoms with Crippen molar-refractivity contribution < 1.29 is 13.9 Å². The number of rotatable bonds is 7. The van der Waals surface area contributed by atoms with E-state index in [-0.39, 0.29) is 12.5 Å². The van der Waals surface area contributed by atoms with E-state index in [1.54, 1.807) is 17.0 Å². The molecule has 0 saturated carbocycles. The number of alkyl halides is 1. The Morgan fingerprint density at radius 3 is 2.41 bits per heavy atom. The number of anilines is 1. The number of benzene rings is 3. The summed E-state index contributed by atoms with van der Waals surface area (Å²) in [6.07, 6.45) is 1.86. The first-order valence-electron chi connectivity index (χ1n) is 11.2. The standard InChI is InChI=1S/C29H23FN2O2/c30-17-18-34-24-15-13-21(14-16-24)20-32-28-12-5-4-10-25(28)26(29(32)33)19-23-9-6-11-27(31-23)22-7-2-1-3-8-22/h1-16,19H,17-18,20H2/b26-19-. The summed E-state index contributed by atoms with van der Waals surface area (Å²) < 4.78 is 17.6. The summed E-state index contributed by atoms with van der Waals surface area (Å²) in [5.74, 6) is 0.547. The average Bonchev–Trinajstić information content (AvgIpc) is 3.15. The number of carbonyl (C=O) groups is 1. The second kappa shape index (κ2) is 9.71. The minimum Gasteiger partial charge on any atom is -0.491 e. The number of nitrogens with zero attached hydrogens (tertiary/aromatic N) is 2. The first-order valence-corrected chi connectivity index (χ1v) is 11.2. The molecule has 4 aromatic rings. The highest BCUT2D eigenvalue weighted by atomic mass is 19.1. The fourth-order valence-electron chi connectivity index (χ4n) is 4.08. The third-order valence-electron chi connectivity index (χ3n) is 5.70. The molecule has 1 amide bonds. The largest absolute Gasteiger partial charge is 0.491 e. The van der Waals surface area contributed by atoms with Crippen molar-refractivity contribution in [1.82, 2.24) is 4.98 Å². The van der Waals surface area contributed by atoms with E-state index in [2.05, 4.69) is 0 Å². The number of hydrogen-bond donors (Lipinski definition) is 0. The van der Waals surface area contributed by atoms with Crippen molar-refractivity contribution >= 4 is 23.2 Å². The van der Waals surface area contributed by atoms with Crippen LogP contribution < -0.4 is 9.64 Å². The number of halogens is 1. The highest BCUT2D eigenvalue weighted by Crippen LogP contribution is 2.38. The van der Waals surface area contributed by atoms with Gasteiger partial charge in [0, 0.05) is 11.1 Å². The van der Waals surface area contributed by atoms with Crippen LogP contribution in [0.15, 0.2) is 97.1 Å². The Balaban J connectivity index is 1.44. The van der Waals surface area contributed by atoms with Gasteiger partial charge in [0.15, 0.2) is 0 Å². The van der Waals surface area contributed by atoms with E-state index in [0.29, 0.717) is 17.9 Å². The van der Waals surface area contributed by atoms with Crippen LogP contribution in [0, 0.1) is 0 Å². The quantitative estimate of drug-likeness (QED) is 0.316. The molecule has 3 aromatic carbocycles. The second-order valence-corrected chi connectivity index (χ2v) is 7.96. The van der Waals surface area contributed by atoms with E-state index in [9.17, 15) is 9.18 Å². The summed E-state index contributed by atoms with van der Waals surface area (Å²) in [6, 6.07) is 31.0. The molecule has 0 spiro atoms. The lowest BCUT2D eigenvalue weighted by Gasteiger charge is -2.17. The minimum absolute atomic E-state index is 0.0327. The molecule has 0 aliphatic carbocycles. The van der Waals surface area contributed by atoms with Gasteiger partial charge in [-0.1, -0.05) is 66.7 Å². The van der Waals surface area contributed by atoms with Crippen LogP contribution in [0.3, 0.4) is 0 Å². The maximum atomic E-state index is 13.5. The number of amides is 1. The zero-order chi connectivity index (χ0) is 23.3. The third-order valence-corrected chi connectivity index (χ3v) is 5.70. The Morgan fingerprint density at radius 2 is 1.62 bits per heavy atom. The lowest BCUT2D eigenvalue weighted by atomic mass is 10.1. The molecule has 34 heavy (non-hydrogen) atoms. The van der Waals surface area contributed by atoms with Gasteiger partial charge in [0.05, 0.1) is 29.2 Å².